The monoisotopic (exact) mass is 276 g/mol. The normalized spacial score (nSPS) is 17.1. The van der Waals surface area contributed by atoms with Gasteiger partial charge in [-0.2, -0.15) is 0 Å². The second kappa shape index (κ2) is 6.86. The molecule has 4 nitrogen and oxygen atoms in total. The van der Waals surface area contributed by atoms with Gasteiger partial charge in [-0.15, -0.1) is 0 Å². The van der Waals surface area contributed by atoms with E-state index in [0.29, 0.717) is 24.5 Å². The van der Waals surface area contributed by atoms with Crippen molar-refractivity contribution in [3.8, 4) is 5.75 Å². The Bertz CT molecular complexity index is 466. The number of piperazine rings is 1. The minimum atomic E-state index is 0.154. The molecule has 0 unspecified atom stereocenters. The molecule has 0 radical (unpaired) electrons. The maximum Gasteiger partial charge on any atom is 0.180 e. The highest BCUT2D eigenvalue weighted by atomic mass is 16.5. The first kappa shape index (κ1) is 15.0. The molecule has 0 N–H and O–H groups in total. The first-order valence-electron chi connectivity index (χ1n) is 7.27. The van der Waals surface area contributed by atoms with Crippen LogP contribution in [0.2, 0.25) is 0 Å². The summed E-state index contributed by atoms with van der Waals surface area (Å²) >= 11 is 0. The lowest BCUT2D eigenvalue weighted by Crippen LogP contribution is -2.46. The number of carbonyl (C=O) groups is 1. The number of Topliss-reactive ketones (excluding diaryl/α,β-unsaturated/α-hetero) is 1. The zero-order valence-electron chi connectivity index (χ0n) is 12.7. The molecule has 0 saturated carbocycles. The Morgan fingerprint density at radius 1 is 1.25 bits per heavy atom. The van der Waals surface area contributed by atoms with Crippen molar-refractivity contribution in [2.45, 2.75) is 13.8 Å². The zero-order chi connectivity index (χ0) is 14.5. The van der Waals surface area contributed by atoms with Gasteiger partial charge in [0.15, 0.2) is 5.78 Å². The van der Waals surface area contributed by atoms with Crippen LogP contribution in [0.25, 0.3) is 0 Å². The van der Waals surface area contributed by atoms with E-state index in [9.17, 15) is 4.79 Å². The Hall–Kier alpha value is -1.39. The van der Waals surface area contributed by atoms with Crippen molar-refractivity contribution in [2.75, 3.05) is 46.4 Å². The smallest absolute Gasteiger partial charge is 0.180 e. The number of likely N-dealkylation sites (N-methyl/N-ethyl adjacent to an activating group) is 1. The first-order valence-corrected chi connectivity index (χ1v) is 7.27. The van der Waals surface area contributed by atoms with E-state index in [1.54, 1.807) is 0 Å². The van der Waals surface area contributed by atoms with Crippen molar-refractivity contribution < 1.29 is 9.53 Å². The van der Waals surface area contributed by atoms with Gasteiger partial charge < -0.3 is 9.64 Å². The second-order valence-corrected chi connectivity index (χ2v) is 5.44. The molecule has 1 fully saturated rings. The molecule has 1 heterocycles. The van der Waals surface area contributed by atoms with Gasteiger partial charge in [0.25, 0.3) is 0 Å². The largest absolute Gasteiger partial charge is 0.493 e. The highest BCUT2D eigenvalue weighted by Crippen LogP contribution is 2.21. The number of ether oxygens (including phenoxy) is 1. The maximum absolute atomic E-state index is 12.5. The van der Waals surface area contributed by atoms with E-state index in [1.807, 2.05) is 32.0 Å². The molecule has 0 aromatic heterocycles. The molecule has 0 bridgehead atoms. The van der Waals surface area contributed by atoms with Gasteiger partial charge in [0, 0.05) is 26.2 Å². The molecule has 1 aliphatic heterocycles. The van der Waals surface area contributed by atoms with Gasteiger partial charge in [0.05, 0.1) is 18.7 Å². The molecule has 0 spiro atoms. The highest BCUT2D eigenvalue weighted by Gasteiger charge is 2.19. The summed E-state index contributed by atoms with van der Waals surface area (Å²) in [5.41, 5.74) is 1.81. The Kier molecular flexibility index (Phi) is 5.15. The summed E-state index contributed by atoms with van der Waals surface area (Å²) in [4.78, 5) is 17.0. The summed E-state index contributed by atoms with van der Waals surface area (Å²) < 4.78 is 5.57. The van der Waals surface area contributed by atoms with Crippen molar-refractivity contribution in [3.63, 3.8) is 0 Å². The predicted octanol–water partition coefficient (Wildman–Crippen LogP) is 1.82. The summed E-state index contributed by atoms with van der Waals surface area (Å²) in [6.07, 6.45) is 0. The fourth-order valence-corrected chi connectivity index (χ4v) is 2.44. The van der Waals surface area contributed by atoms with Crippen LogP contribution < -0.4 is 4.74 Å². The average molecular weight is 276 g/mol. The van der Waals surface area contributed by atoms with E-state index in [4.69, 9.17) is 4.74 Å². The van der Waals surface area contributed by atoms with Crippen LogP contribution in [0.3, 0.4) is 0 Å². The lowest BCUT2D eigenvalue weighted by molar-refractivity contribution is 0.0873. The number of carbonyl (C=O) groups excluding carboxylic acids is 1. The number of hydrogen-bond donors (Lipinski definition) is 0. The van der Waals surface area contributed by atoms with E-state index in [2.05, 4.69) is 16.8 Å². The number of rotatable bonds is 5. The van der Waals surface area contributed by atoms with E-state index < -0.39 is 0 Å². The van der Waals surface area contributed by atoms with Crippen LogP contribution in [-0.2, 0) is 0 Å². The quantitative estimate of drug-likeness (QED) is 0.768. The van der Waals surface area contributed by atoms with E-state index in [0.717, 1.165) is 31.7 Å². The van der Waals surface area contributed by atoms with Crippen LogP contribution in [0.4, 0.5) is 0 Å². The van der Waals surface area contributed by atoms with E-state index in [1.165, 1.54) is 0 Å². The van der Waals surface area contributed by atoms with Gasteiger partial charge in [0.1, 0.15) is 5.75 Å². The topological polar surface area (TPSA) is 32.8 Å². The molecule has 1 aromatic rings. The zero-order valence-corrected chi connectivity index (χ0v) is 12.7. The van der Waals surface area contributed by atoms with Crippen LogP contribution in [0.15, 0.2) is 18.2 Å². The van der Waals surface area contributed by atoms with Gasteiger partial charge in [-0.05, 0) is 33.0 Å². The summed E-state index contributed by atoms with van der Waals surface area (Å²) in [6, 6.07) is 5.82. The van der Waals surface area contributed by atoms with Crippen LogP contribution in [0.5, 0.6) is 5.75 Å². The predicted molar refractivity (Wildman–Crippen MR) is 80.6 cm³/mol. The van der Waals surface area contributed by atoms with Crippen molar-refractivity contribution in [1.82, 2.24) is 9.80 Å². The highest BCUT2D eigenvalue weighted by molar-refractivity contribution is 6.00. The van der Waals surface area contributed by atoms with Crippen LogP contribution >= 0.6 is 0 Å². The Labute approximate surface area is 121 Å². The average Bonchev–Trinajstić information content (AvgIpc) is 2.43. The third-order valence-corrected chi connectivity index (χ3v) is 3.70. The molecular weight excluding hydrogens is 252 g/mol. The standard InChI is InChI=1S/C16H24N2O2/c1-4-20-16-6-5-13(2)11-14(16)15(19)12-18-9-7-17(3)8-10-18/h5-6,11H,4,7-10,12H2,1-3H3. The minimum Gasteiger partial charge on any atom is -0.493 e. The SMILES string of the molecule is CCOc1ccc(C)cc1C(=O)CN1CCN(C)CC1. The molecule has 0 atom stereocenters. The molecule has 4 heteroatoms. The fourth-order valence-electron chi connectivity index (χ4n) is 2.44. The number of benzene rings is 1. The molecule has 20 heavy (non-hydrogen) atoms. The second-order valence-electron chi connectivity index (χ2n) is 5.44. The summed E-state index contributed by atoms with van der Waals surface area (Å²) in [7, 11) is 2.12. The fraction of sp³-hybridized carbons (Fsp3) is 0.562. The number of aryl methyl sites for hydroxylation is 1. The van der Waals surface area contributed by atoms with Crippen molar-refractivity contribution in [1.29, 1.82) is 0 Å². The maximum atomic E-state index is 12.5. The van der Waals surface area contributed by atoms with Crippen LogP contribution in [0.1, 0.15) is 22.8 Å². The Balaban J connectivity index is 2.06. The third kappa shape index (κ3) is 3.81. The van der Waals surface area contributed by atoms with Gasteiger partial charge in [-0.3, -0.25) is 9.69 Å². The van der Waals surface area contributed by atoms with Crippen molar-refractivity contribution in [3.05, 3.63) is 29.3 Å². The minimum absolute atomic E-state index is 0.154. The summed E-state index contributed by atoms with van der Waals surface area (Å²) in [5.74, 6) is 0.860. The number of hydrogen-bond acceptors (Lipinski definition) is 4. The van der Waals surface area contributed by atoms with Gasteiger partial charge in [0.2, 0.25) is 0 Å². The van der Waals surface area contributed by atoms with Gasteiger partial charge >= 0.3 is 0 Å². The van der Waals surface area contributed by atoms with E-state index >= 15 is 0 Å². The van der Waals surface area contributed by atoms with Crippen LogP contribution in [0, 0.1) is 6.92 Å². The molecular formula is C16H24N2O2. The van der Waals surface area contributed by atoms with Crippen molar-refractivity contribution >= 4 is 5.78 Å². The molecule has 1 aliphatic rings. The molecule has 0 aliphatic carbocycles. The van der Waals surface area contributed by atoms with Gasteiger partial charge in [-0.25, -0.2) is 0 Å². The Morgan fingerprint density at radius 3 is 2.60 bits per heavy atom. The first-order chi connectivity index (χ1) is 9.60. The lowest BCUT2D eigenvalue weighted by Gasteiger charge is -2.31. The van der Waals surface area contributed by atoms with E-state index in [-0.39, 0.29) is 5.78 Å². The molecule has 0 amide bonds. The van der Waals surface area contributed by atoms with Crippen molar-refractivity contribution in [2.24, 2.45) is 0 Å². The molecule has 1 saturated heterocycles. The van der Waals surface area contributed by atoms with Crippen LogP contribution in [-0.4, -0.2) is 62.0 Å². The third-order valence-electron chi connectivity index (χ3n) is 3.70. The summed E-state index contributed by atoms with van der Waals surface area (Å²) in [5, 5.41) is 0. The number of nitrogens with zero attached hydrogens (tertiary/aromatic N) is 2. The lowest BCUT2D eigenvalue weighted by atomic mass is 10.1. The Morgan fingerprint density at radius 2 is 1.95 bits per heavy atom. The molecule has 2 rings (SSSR count). The molecule has 110 valence electrons. The number of ketones is 1. The molecule has 1 aromatic carbocycles. The summed E-state index contributed by atoms with van der Waals surface area (Å²) in [6.45, 7) is 8.97. The van der Waals surface area contributed by atoms with Gasteiger partial charge in [-0.1, -0.05) is 11.6 Å².